The van der Waals surface area contributed by atoms with Crippen LogP contribution in [-0.4, -0.2) is 64.1 Å². The molecule has 0 unspecified atom stereocenters. The lowest BCUT2D eigenvalue weighted by Gasteiger charge is -2.36. The number of anilines is 3. The van der Waals surface area contributed by atoms with Gasteiger partial charge in [-0.2, -0.15) is 23.1 Å². The van der Waals surface area contributed by atoms with E-state index in [1.54, 1.807) is 36.3 Å². The fourth-order valence-electron chi connectivity index (χ4n) is 5.03. The van der Waals surface area contributed by atoms with Gasteiger partial charge in [0.2, 0.25) is 0 Å². The molecule has 6 rings (SSSR count). The van der Waals surface area contributed by atoms with Crippen molar-refractivity contribution >= 4 is 40.1 Å². The summed E-state index contributed by atoms with van der Waals surface area (Å²) in [6.07, 6.45) is -0.0770. The Balaban J connectivity index is 1.52. The molecule has 0 atom stereocenters. The molecule has 1 N–H and O–H groups in total. The second-order valence-corrected chi connectivity index (χ2v) is 9.49. The first-order chi connectivity index (χ1) is 19.2. The topological polar surface area (TPSA) is 94.7 Å². The van der Waals surface area contributed by atoms with Crippen LogP contribution in [0.3, 0.4) is 0 Å². The zero-order chi connectivity index (χ0) is 28.0. The van der Waals surface area contributed by atoms with Crippen molar-refractivity contribution in [3.63, 3.8) is 0 Å². The van der Waals surface area contributed by atoms with Crippen LogP contribution in [-0.2, 0) is 12.7 Å². The highest BCUT2D eigenvalue weighted by molar-refractivity contribution is 6.08. The average molecular weight is 546 g/mol. The molecule has 0 radical (unpaired) electrons. The van der Waals surface area contributed by atoms with Crippen molar-refractivity contribution < 1.29 is 18.0 Å². The maximum absolute atomic E-state index is 14.4. The normalized spacial score (nSPS) is 15.8. The number of rotatable bonds is 3. The van der Waals surface area contributed by atoms with E-state index in [2.05, 4.69) is 25.1 Å². The average Bonchev–Trinajstić information content (AvgIpc) is 2.97. The first kappa shape index (κ1) is 25.4. The first-order valence-electron chi connectivity index (χ1n) is 12.5. The van der Waals surface area contributed by atoms with Gasteiger partial charge in [0.05, 0.1) is 52.7 Å². The number of carbonyl (C=O) groups excluding carboxylic acids is 1. The van der Waals surface area contributed by atoms with Crippen molar-refractivity contribution in [2.24, 2.45) is 0 Å². The van der Waals surface area contributed by atoms with Gasteiger partial charge >= 0.3 is 18.2 Å². The van der Waals surface area contributed by atoms with Gasteiger partial charge in [-0.1, -0.05) is 0 Å². The molecular weight excluding hydrogens is 523 g/mol. The number of carbonyl (C=O) groups is 1. The molecule has 2 aliphatic rings. The molecule has 1 aromatic carbocycles. The van der Waals surface area contributed by atoms with Crippen LogP contribution in [0.15, 0.2) is 48.9 Å². The fraction of sp³-hybridized carbons (Fsp3) is 0.259. The lowest BCUT2D eigenvalue weighted by atomic mass is 10.0. The molecule has 4 aromatic rings. The highest BCUT2D eigenvalue weighted by Crippen LogP contribution is 2.43. The van der Waals surface area contributed by atoms with E-state index in [4.69, 9.17) is 11.6 Å². The molecule has 0 saturated carbocycles. The van der Waals surface area contributed by atoms with Gasteiger partial charge in [-0.25, -0.2) is 9.78 Å². The zero-order valence-corrected chi connectivity index (χ0v) is 21.3. The van der Waals surface area contributed by atoms with Crippen molar-refractivity contribution in [3.8, 4) is 11.3 Å². The molecule has 202 valence electrons. The van der Waals surface area contributed by atoms with E-state index in [0.29, 0.717) is 59.7 Å². The standard InChI is InChI=1S/C27H22F3N9O/c1-31-25-34-12-16(13-35-25)20-4-5-21-23(36-20)24-17(14-33-21)15-37(2)26(40)39(24)18-3-6-22(19(11-18)27(28,29)30)38-9-7-32-8-10-38/h3-6,11-14,32H,7-10,15H2,2H3. The van der Waals surface area contributed by atoms with Gasteiger partial charge in [0.1, 0.15) is 5.52 Å². The van der Waals surface area contributed by atoms with Gasteiger partial charge in [-0.3, -0.25) is 9.88 Å². The number of halogens is 3. The first-order valence-corrected chi connectivity index (χ1v) is 12.5. The fourth-order valence-corrected chi connectivity index (χ4v) is 5.03. The van der Waals surface area contributed by atoms with Gasteiger partial charge in [0, 0.05) is 50.7 Å². The Hall–Kier alpha value is -4.83. The number of hydrogen-bond acceptors (Lipinski definition) is 7. The number of benzene rings is 1. The summed E-state index contributed by atoms with van der Waals surface area (Å²) in [6.45, 7) is 9.33. The summed E-state index contributed by atoms with van der Waals surface area (Å²) in [7, 11) is 1.59. The van der Waals surface area contributed by atoms with E-state index in [9.17, 15) is 18.0 Å². The molecule has 3 aromatic heterocycles. The van der Waals surface area contributed by atoms with Crippen LogP contribution in [0.1, 0.15) is 11.1 Å². The number of nitrogens with one attached hydrogen (secondary N) is 1. The van der Waals surface area contributed by atoms with E-state index < -0.39 is 17.8 Å². The number of nitrogens with zero attached hydrogens (tertiary/aromatic N) is 8. The molecule has 1 saturated heterocycles. The van der Waals surface area contributed by atoms with Crippen molar-refractivity contribution in [2.45, 2.75) is 12.7 Å². The lowest BCUT2D eigenvalue weighted by molar-refractivity contribution is -0.137. The SMILES string of the molecule is [C-]#[N+]c1ncc(-c2ccc3ncc4c(c3n2)N(c2ccc(N3CCNCC3)c(C(F)(F)F)c2)C(=O)N(C)C4)cn1. The molecule has 0 bridgehead atoms. The maximum Gasteiger partial charge on any atom is 0.418 e. The third kappa shape index (κ3) is 4.42. The van der Waals surface area contributed by atoms with Crippen molar-refractivity contribution in [3.05, 3.63) is 71.5 Å². The predicted molar refractivity (Wildman–Crippen MR) is 142 cm³/mol. The monoisotopic (exact) mass is 545 g/mol. The summed E-state index contributed by atoms with van der Waals surface area (Å²) in [5, 5.41) is 3.15. The largest absolute Gasteiger partial charge is 0.418 e. The molecular formula is C27H22F3N9O. The molecule has 5 heterocycles. The molecule has 10 nitrogen and oxygen atoms in total. The van der Waals surface area contributed by atoms with Gasteiger partial charge in [-0.15, -0.1) is 6.57 Å². The maximum atomic E-state index is 14.4. The van der Waals surface area contributed by atoms with Crippen molar-refractivity contribution in [1.82, 2.24) is 30.2 Å². The van der Waals surface area contributed by atoms with Crippen LogP contribution in [0, 0.1) is 6.57 Å². The Labute approximate surface area is 226 Å². The smallest absolute Gasteiger partial charge is 0.394 e. The highest BCUT2D eigenvalue weighted by atomic mass is 19.4. The van der Waals surface area contributed by atoms with E-state index in [1.807, 2.05) is 0 Å². The Morgan fingerprint density at radius 1 is 1.02 bits per heavy atom. The quantitative estimate of drug-likeness (QED) is 0.371. The van der Waals surface area contributed by atoms with Gasteiger partial charge in [0.25, 0.3) is 0 Å². The summed E-state index contributed by atoms with van der Waals surface area (Å²) >= 11 is 0. The second kappa shape index (κ2) is 9.73. The van der Waals surface area contributed by atoms with Crippen LogP contribution < -0.4 is 15.1 Å². The predicted octanol–water partition coefficient (Wildman–Crippen LogP) is 4.77. The molecule has 2 amide bonds. The van der Waals surface area contributed by atoms with Gasteiger partial charge < -0.3 is 20.0 Å². The summed E-state index contributed by atoms with van der Waals surface area (Å²) in [4.78, 5) is 38.4. The minimum Gasteiger partial charge on any atom is -0.394 e. The summed E-state index contributed by atoms with van der Waals surface area (Å²) in [5.74, 6) is -0.00636. The molecule has 0 spiro atoms. The Bertz CT molecular complexity index is 1660. The Morgan fingerprint density at radius 3 is 2.48 bits per heavy atom. The van der Waals surface area contributed by atoms with E-state index in [0.717, 1.165) is 6.07 Å². The Morgan fingerprint density at radius 2 is 1.77 bits per heavy atom. The van der Waals surface area contributed by atoms with Crippen LogP contribution >= 0.6 is 0 Å². The number of amides is 2. The van der Waals surface area contributed by atoms with Gasteiger partial charge in [0.15, 0.2) is 0 Å². The number of urea groups is 1. The number of aromatic nitrogens is 4. The lowest BCUT2D eigenvalue weighted by Crippen LogP contribution is -2.44. The number of alkyl halides is 3. The summed E-state index contributed by atoms with van der Waals surface area (Å²) < 4.78 is 43.1. The second-order valence-electron chi connectivity index (χ2n) is 9.49. The number of fused-ring (bicyclic) bond motifs is 3. The highest BCUT2D eigenvalue weighted by Gasteiger charge is 2.38. The molecule has 2 aliphatic heterocycles. The summed E-state index contributed by atoms with van der Waals surface area (Å²) in [6, 6.07) is 6.95. The third-order valence-corrected chi connectivity index (χ3v) is 6.95. The zero-order valence-electron chi connectivity index (χ0n) is 21.3. The van der Waals surface area contributed by atoms with Crippen LogP contribution in [0.5, 0.6) is 0 Å². The number of piperazine rings is 1. The van der Waals surface area contributed by atoms with E-state index in [1.165, 1.54) is 28.3 Å². The number of hydrogen-bond donors (Lipinski definition) is 1. The van der Waals surface area contributed by atoms with Crippen LogP contribution in [0.25, 0.3) is 27.1 Å². The van der Waals surface area contributed by atoms with Crippen LogP contribution in [0.4, 0.5) is 41.0 Å². The number of pyridine rings is 2. The van der Waals surface area contributed by atoms with Crippen LogP contribution in [0.2, 0.25) is 0 Å². The minimum atomic E-state index is -4.63. The van der Waals surface area contributed by atoms with E-state index in [-0.39, 0.29) is 23.9 Å². The molecule has 40 heavy (non-hydrogen) atoms. The third-order valence-electron chi connectivity index (χ3n) is 6.95. The molecule has 1 fully saturated rings. The van der Waals surface area contributed by atoms with Crippen molar-refractivity contribution in [1.29, 1.82) is 0 Å². The Kier molecular flexibility index (Phi) is 6.19. The van der Waals surface area contributed by atoms with E-state index >= 15 is 0 Å². The molecule has 0 aliphatic carbocycles. The summed E-state index contributed by atoms with van der Waals surface area (Å²) in [5.41, 5.74) is 2.19. The molecule has 13 heteroatoms. The van der Waals surface area contributed by atoms with Gasteiger partial charge in [-0.05, 0) is 30.3 Å². The van der Waals surface area contributed by atoms with Crippen molar-refractivity contribution in [2.75, 3.05) is 43.0 Å². The minimum absolute atomic E-state index is 0.00636.